The molecule has 148 valence electrons. The normalized spacial score (nSPS) is 14.5. The molecule has 1 aliphatic rings. The van der Waals surface area contributed by atoms with Gasteiger partial charge in [-0.1, -0.05) is 30.0 Å². The Labute approximate surface area is 166 Å². The van der Waals surface area contributed by atoms with Crippen molar-refractivity contribution in [1.82, 2.24) is 14.0 Å². The number of aliphatic imine (C=N–C) groups is 1. The fraction of sp³-hybridized carbons (Fsp3) is 0.368. The molecule has 0 radical (unpaired) electrons. The van der Waals surface area contributed by atoms with Crippen LogP contribution in [0.15, 0.2) is 44.9 Å². The van der Waals surface area contributed by atoms with Crippen molar-refractivity contribution >= 4 is 28.4 Å². The van der Waals surface area contributed by atoms with Gasteiger partial charge in [-0.25, -0.2) is 9.79 Å². The Hall–Kier alpha value is -2.81. The number of nitrogens with zero attached hydrogens (tertiary/aromatic N) is 4. The van der Waals surface area contributed by atoms with E-state index in [4.69, 9.17) is 0 Å². The number of carbonyl (C=O) groups excluding carboxylic acids is 1. The zero-order chi connectivity index (χ0) is 20.3. The number of amides is 1. The minimum atomic E-state index is -0.656. The molecule has 0 bridgehead atoms. The van der Waals surface area contributed by atoms with Crippen LogP contribution in [0.2, 0.25) is 0 Å². The van der Waals surface area contributed by atoms with E-state index in [-0.39, 0.29) is 22.3 Å². The molecule has 1 fully saturated rings. The number of para-hydroxylation sites is 1. The Kier molecular flexibility index (Phi) is 6.03. The van der Waals surface area contributed by atoms with Crippen molar-refractivity contribution in [3.8, 4) is 5.88 Å². The van der Waals surface area contributed by atoms with E-state index in [1.54, 1.807) is 29.2 Å². The molecule has 0 unspecified atom stereocenters. The molecular formula is C19H22N4O4S. The number of aromatic nitrogens is 2. The van der Waals surface area contributed by atoms with Crippen molar-refractivity contribution in [2.24, 2.45) is 19.1 Å². The van der Waals surface area contributed by atoms with Crippen LogP contribution in [0.5, 0.6) is 5.88 Å². The standard InChI is InChI=1S/C19H22N4O4S/c1-21-17(25)15(18(26)22(2)19(21)27)16(20-13-8-4-3-5-9-13)28-12-14(24)23-10-6-7-11-23/h3-5,8-9,25H,6-7,10-12H2,1-2H3. The van der Waals surface area contributed by atoms with E-state index < -0.39 is 17.1 Å². The molecule has 1 aliphatic heterocycles. The monoisotopic (exact) mass is 402 g/mol. The van der Waals surface area contributed by atoms with Gasteiger partial charge < -0.3 is 10.0 Å². The van der Waals surface area contributed by atoms with Crippen molar-refractivity contribution in [3.63, 3.8) is 0 Å². The Morgan fingerprint density at radius 1 is 1.11 bits per heavy atom. The first-order chi connectivity index (χ1) is 13.4. The first-order valence-electron chi connectivity index (χ1n) is 8.94. The summed E-state index contributed by atoms with van der Waals surface area (Å²) in [7, 11) is 2.72. The Morgan fingerprint density at radius 2 is 1.75 bits per heavy atom. The number of carbonyl (C=O) groups is 1. The van der Waals surface area contributed by atoms with Crippen molar-refractivity contribution in [2.75, 3.05) is 18.8 Å². The number of rotatable bonds is 4. The Morgan fingerprint density at radius 3 is 2.39 bits per heavy atom. The van der Waals surface area contributed by atoms with Gasteiger partial charge >= 0.3 is 5.69 Å². The lowest BCUT2D eigenvalue weighted by Gasteiger charge is -2.16. The highest BCUT2D eigenvalue weighted by Crippen LogP contribution is 2.23. The van der Waals surface area contributed by atoms with E-state index in [1.807, 2.05) is 6.07 Å². The van der Waals surface area contributed by atoms with Gasteiger partial charge in [-0.2, -0.15) is 0 Å². The summed E-state index contributed by atoms with van der Waals surface area (Å²) in [6.07, 6.45) is 1.98. The van der Waals surface area contributed by atoms with Crippen LogP contribution < -0.4 is 11.2 Å². The van der Waals surface area contributed by atoms with Crippen LogP contribution in [-0.2, 0) is 18.9 Å². The van der Waals surface area contributed by atoms with Gasteiger partial charge in [-0.05, 0) is 25.0 Å². The van der Waals surface area contributed by atoms with E-state index in [1.165, 1.54) is 14.1 Å². The first-order valence-corrected chi connectivity index (χ1v) is 9.92. The summed E-state index contributed by atoms with van der Waals surface area (Å²) in [5.41, 5.74) is -0.804. The summed E-state index contributed by atoms with van der Waals surface area (Å²) < 4.78 is 1.90. The fourth-order valence-corrected chi connectivity index (χ4v) is 3.92. The molecule has 2 aromatic rings. The van der Waals surface area contributed by atoms with Gasteiger partial charge in [0.15, 0.2) is 0 Å². The van der Waals surface area contributed by atoms with Crippen LogP contribution in [0.3, 0.4) is 0 Å². The van der Waals surface area contributed by atoms with Crippen LogP contribution in [0.25, 0.3) is 0 Å². The highest BCUT2D eigenvalue weighted by molar-refractivity contribution is 8.15. The molecule has 28 heavy (non-hydrogen) atoms. The second-order valence-electron chi connectivity index (χ2n) is 6.53. The average molecular weight is 402 g/mol. The molecular weight excluding hydrogens is 380 g/mol. The molecule has 0 aliphatic carbocycles. The maximum atomic E-state index is 12.7. The second-order valence-corrected chi connectivity index (χ2v) is 7.50. The number of hydrogen-bond acceptors (Lipinski definition) is 6. The molecule has 0 atom stereocenters. The van der Waals surface area contributed by atoms with Crippen molar-refractivity contribution in [1.29, 1.82) is 0 Å². The van der Waals surface area contributed by atoms with Crippen molar-refractivity contribution in [3.05, 3.63) is 56.7 Å². The number of aromatic hydroxyl groups is 1. The maximum Gasteiger partial charge on any atom is 0.333 e. The third-order valence-electron chi connectivity index (χ3n) is 4.63. The summed E-state index contributed by atoms with van der Waals surface area (Å²) >= 11 is 1.09. The van der Waals surface area contributed by atoms with E-state index in [2.05, 4.69) is 4.99 Å². The molecule has 8 nitrogen and oxygen atoms in total. The van der Waals surface area contributed by atoms with Crippen molar-refractivity contribution < 1.29 is 9.90 Å². The minimum Gasteiger partial charge on any atom is -0.494 e. The second kappa shape index (κ2) is 8.47. The van der Waals surface area contributed by atoms with E-state index >= 15 is 0 Å². The van der Waals surface area contributed by atoms with Gasteiger partial charge in [0, 0.05) is 27.2 Å². The largest absolute Gasteiger partial charge is 0.494 e. The summed E-state index contributed by atoms with van der Waals surface area (Å²) in [6, 6.07) is 8.95. The predicted octanol–water partition coefficient (Wildman–Crippen LogP) is 1.22. The highest BCUT2D eigenvalue weighted by atomic mass is 32.2. The predicted molar refractivity (Wildman–Crippen MR) is 109 cm³/mol. The number of benzene rings is 1. The molecule has 1 aromatic heterocycles. The van der Waals surface area contributed by atoms with Crippen molar-refractivity contribution in [2.45, 2.75) is 12.8 Å². The van der Waals surface area contributed by atoms with Crippen LogP contribution >= 0.6 is 11.8 Å². The highest BCUT2D eigenvalue weighted by Gasteiger charge is 2.24. The lowest BCUT2D eigenvalue weighted by Crippen LogP contribution is -2.40. The molecule has 0 spiro atoms. The van der Waals surface area contributed by atoms with E-state index in [9.17, 15) is 19.5 Å². The maximum absolute atomic E-state index is 12.7. The molecule has 0 saturated carbocycles. The van der Waals surface area contributed by atoms with Crippen LogP contribution in [-0.4, -0.2) is 48.9 Å². The van der Waals surface area contributed by atoms with Crippen LogP contribution in [0.1, 0.15) is 18.4 Å². The Balaban J connectivity index is 2.02. The lowest BCUT2D eigenvalue weighted by atomic mass is 10.3. The molecule has 1 saturated heterocycles. The minimum absolute atomic E-state index is 0.0376. The summed E-state index contributed by atoms with van der Waals surface area (Å²) in [5.74, 6) is -0.412. The zero-order valence-corrected chi connectivity index (χ0v) is 16.6. The SMILES string of the molecule is Cn1c(O)c(C(=Nc2ccccc2)SCC(=O)N2CCCC2)c(=O)n(C)c1=O. The van der Waals surface area contributed by atoms with Crippen LogP contribution in [0.4, 0.5) is 5.69 Å². The Bertz CT molecular complexity index is 1020. The van der Waals surface area contributed by atoms with Gasteiger partial charge in [0.05, 0.1) is 11.4 Å². The van der Waals surface area contributed by atoms with Gasteiger partial charge in [-0.15, -0.1) is 0 Å². The first kappa shape index (κ1) is 19.9. The van der Waals surface area contributed by atoms with Gasteiger partial charge in [0.2, 0.25) is 11.8 Å². The molecule has 3 rings (SSSR count). The molecule has 1 amide bonds. The third kappa shape index (κ3) is 4.04. The van der Waals surface area contributed by atoms with Gasteiger partial charge in [0.1, 0.15) is 10.6 Å². The smallest absolute Gasteiger partial charge is 0.333 e. The summed E-state index contributed by atoms with van der Waals surface area (Å²) in [4.78, 5) is 43.4. The fourth-order valence-electron chi connectivity index (χ4n) is 2.99. The average Bonchev–Trinajstić information content (AvgIpc) is 3.24. The number of likely N-dealkylation sites (tertiary alicyclic amines) is 1. The van der Waals surface area contributed by atoms with E-state index in [0.29, 0.717) is 5.69 Å². The van der Waals surface area contributed by atoms with Gasteiger partial charge in [-0.3, -0.25) is 18.7 Å². The van der Waals surface area contributed by atoms with Crippen LogP contribution in [0, 0.1) is 0 Å². The lowest BCUT2D eigenvalue weighted by molar-refractivity contribution is -0.127. The van der Waals surface area contributed by atoms with E-state index in [0.717, 1.165) is 46.8 Å². The number of hydrogen-bond donors (Lipinski definition) is 1. The molecule has 1 N–H and O–H groups in total. The summed E-state index contributed by atoms with van der Waals surface area (Å²) in [6.45, 7) is 1.47. The van der Waals surface area contributed by atoms with Gasteiger partial charge in [0.25, 0.3) is 5.56 Å². The molecule has 9 heteroatoms. The third-order valence-corrected chi connectivity index (χ3v) is 5.59. The number of thioether (sulfide) groups is 1. The quantitative estimate of drug-likeness (QED) is 0.613. The topological polar surface area (TPSA) is 96.9 Å². The summed E-state index contributed by atoms with van der Waals surface area (Å²) in [5, 5.41) is 10.7. The zero-order valence-electron chi connectivity index (χ0n) is 15.8. The molecule has 2 heterocycles. The molecule has 1 aromatic carbocycles.